The average Bonchev–Trinajstić information content (AvgIpc) is 2.76. The Kier molecular flexibility index (Phi) is 5.63. The fourth-order valence-electron chi connectivity index (χ4n) is 4.09. The molecule has 1 atom stereocenters. The maximum absolute atomic E-state index is 13.3. The van der Waals surface area contributed by atoms with Crippen molar-refractivity contribution >= 4 is 5.57 Å². The van der Waals surface area contributed by atoms with Crippen LogP contribution in [-0.2, 0) is 12.6 Å². The largest absolute Gasteiger partial charge is 0.433 e. The van der Waals surface area contributed by atoms with Gasteiger partial charge in [-0.15, -0.1) is 0 Å². The van der Waals surface area contributed by atoms with Gasteiger partial charge < -0.3 is 4.98 Å². The van der Waals surface area contributed by atoms with Crippen molar-refractivity contribution in [3.05, 3.63) is 104 Å². The summed E-state index contributed by atoms with van der Waals surface area (Å²) >= 11 is 0. The maximum atomic E-state index is 13.3. The first kappa shape index (κ1) is 20.8. The lowest BCUT2D eigenvalue weighted by atomic mass is 9.82. The molecule has 0 saturated carbocycles. The van der Waals surface area contributed by atoms with E-state index in [0.29, 0.717) is 42.5 Å². The lowest BCUT2D eigenvalue weighted by Gasteiger charge is -2.25. The van der Waals surface area contributed by atoms with Crippen molar-refractivity contribution in [2.24, 2.45) is 0 Å². The molecule has 0 spiro atoms. The standard InChI is InChI=1S/C23H20F3N3O2/c24-23(25,26)20-17(7-4-12-27-20)15-8-10-16(11-9-15)19-18(21(30)29-22(31)28-19)13-14-5-2-1-3-6-14/h1-8,12,16H,9-11,13H2,(H2,28,29,30,31). The van der Waals surface area contributed by atoms with E-state index in [4.69, 9.17) is 0 Å². The van der Waals surface area contributed by atoms with Gasteiger partial charge in [0, 0.05) is 35.4 Å². The van der Waals surface area contributed by atoms with Crippen molar-refractivity contribution < 1.29 is 13.2 Å². The monoisotopic (exact) mass is 427 g/mol. The molecule has 5 nitrogen and oxygen atoms in total. The van der Waals surface area contributed by atoms with E-state index >= 15 is 0 Å². The van der Waals surface area contributed by atoms with E-state index in [1.54, 1.807) is 6.08 Å². The van der Waals surface area contributed by atoms with E-state index in [1.165, 1.54) is 12.1 Å². The van der Waals surface area contributed by atoms with Crippen molar-refractivity contribution in [3.63, 3.8) is 0 Å². The van der Waals surface area contributed by atoms with Gasteiger partial charge in [0.05, 0.1) is 0 Å². The molecule has 31 heavy (non-hydrogen) atoms. The van der Waals surface area contributed by atoms with Crippen LogP contribution in [0.3, 0.4) is 0 Å². The molecule has 0 aliphatic heterocycles. The smallest absolute Gasteiger partial charge is 0.311 e. The zero-order valence-electron chi connectivity index (χ0n) is 16.5. The zero-order chi connectivity index (χ0) is 22.0. The van der Waals surface area contributed by atoms with Crippen LogP contribution < -0.4 is 11.2 Å². The van der Waals surface area contributed by atoms with Gasteiger partial charge in [-0.2, -0.15) is 13.2 Å². The van der Waals surface area contributed by atoms with Gasteiger partial charge in [-0.05, 0) is 36.5 Å². The maximum Gasteiger partial charge on any atom is 0.433 e. The molecule has 4 rings (SSSR count). The molecule has 0 saturated heterocycles. The molecule has 2 N–H and O–H groups in total. The zero-order valence-corrected chi connectivity index (χ0v) is 16.5. The van der Waals surface area contributed by atoms with Gasteiger partial charge in [0.15, 0.2) is 5.69 Å². The quantitative estimate of drug-likeness (QED) is 0.647. The van der Waals surface area contributed by atoms with E-state index in [1.807, 2.05) is 30.3 Å². The molecule has 1 aromatic carbocycles. The van der Waals surface area contributed by atoms with Crippen molar-refractivity contribution in [3.8, 4) is 0 Å². The predicted octanol–water partition coefficient (Wildman–Crippen LogP) is 4.42. The number of nitrogens with zero attached hydrogens (tertiary/aromatic N) is 1. The van der Waals surface area contributed by atoms with Crippen LogP contribution >= 0.6 is 0 Å². The topological polar surface area (TPSA) is 78.6 Å². The predicted molar refractivity (Wildman–Crippen MR) is 111 cm³/mol. The summed E-state index contributed by atoms with van der Waals surface area (Å²) in [7, 11) is 0. The summed E-state index contributed by atoms with van der Waals surface area (Å²) in [4.78, 5) is 33.0. The molecule has 160 valence electrons. The van der Waals surface area contributed by atoms with Crippen LogP contribution in [0.1, 0.15) is 53.3 Å². The minimum absolute atomic E-state index is 0.0809. The highest BCUT2D eigenvalue weighted by Crippen LogP contribution is 2.40. The second-order valence-corrected chi connectivity index (χ2v) is 7.56. The Hall–Kier alpha value is -3.42. The molecule has 0 bridgehead atoms. The van der Waals surface area contributed by atoms with E-state index in [2.05, 4.69) is 15.0 Å². The summed E-state index contributed by atoms with van der Waals surface area (Å²) in [6, 6.07) is 12.3. The fourth-order valence-corrected chi connectivity index (χ4v) is 4.09. The molecule has 2 heterocycles. The molecule has 0 radical (unpaired) electrons. The van der Waals surface area contributed by atoms with Gasteiger partial charge in [0.2, 0.25) is 0 Å². The number of benzene rings is 1. The second-order valence-electron chi connectivity index (χ2n) is 7.56. The Balaban J connectivity index is 1.66. The van der Waals surface area contributed by atoms with E-state index in [-0.39, 0.29) is 11.5 Å². The number of H-pyrrole nitrogens is 2. The Morgan fingerprint density at radius 2 is 1.81 bits per heavy atom. The molecule has 1 aliphatic rings. The van der Waals surface area contributed by atoms with Crippen LogP contribution in [0, 0.1) is 0 Å². The first-order valence-corrected chi connectivity index (χ1v) is 9.94. The molecule has 2 aromatic heterocycles. The summed E-state index contributed by atoms with van der Waals surface area (Å²) < 4.78 is 40.0. The molecule has 0 fully saturated rings. The third kappa shape index (κ3) is 4.52. The number of halogens is 3. The number of pyridine rings is 1. The summed E-state index contributed by atoms with van der Waals surface area (Å²) in [6.45, 7) is 0. The molecule has 8 heteroatoms. The highest BCUT2D eigenvalue weighted by Gasteiger charge is 2.36. The van der Waals surface area contributed by atoms with Gasteiger partial charge in [-0.1, -0.05) is 42.5 Å². The SMILES string of the molecule is O=c1[nH]c(C2CC=C(c3cccnc3C(F)(F)F)CC2)c(Cc2ccccc2)c(=O)[nH]1. The lowest BCUT2D eigenvalue weighted by Crippen LogP contribution is -2.30. The first-order valence-electron chi connectivity index (χ1n) is 9.94. The minimum atomic E-state index is -4.53. The number of aromatic amines is 2. The Morgan fingerprint density at radius 3 is 2.48 bits per heavy atom. The normalized spacial score (nSPS) is 16.7. The fraction of sp³-hybridized carbons (Fsp3) is 0.261. The third-order valence-electron chi connectivity index (χ3n) is 5.54. The molecular formula is C23H20F3N3O2. The summed E-state index contributed by atoms with van der Waals surface area (Å²) in [6.07, 6.45) is 0.0355. The number of aromatic nitrogens is 3. The van der Waals surface area contributed by atoms with Crippen LogP contribution in [0.15, 0.2) is 64.3 Å². The summed E-state index contributed by atoms with van der Waals surface area (Å²) in [5.41, 5.74) is 0.695. The van der Waals surface area contributed by atoms with Crippen LogP contribution in [0.2, 0.25) is 0 Å². The Morgan fingerprint density at radius 1 is 1.03 bits per heavy atom. The van der Waals surface area contributed by atoms with Crippen LogP contribution in [0.5, 0.6) is 0 Å². The molecular weight excluding hydrogens is 407 g/mol. The van der Waals surface area contributed by atoms with Crippen molar-refractivity contribution in [2.75, 3.05) is 0 Å². The van der Waals surface area contributed by atoms with E-state index in [9.17, 15) is 22.8 Å². The summed E-state index contributed by atoms with van der Waals surface area (Å²) in [5.74, 6) is -0.163. The molecule has 3 aromatic rings. The highest BCUT2D eigenvalue weighted by molar-refractivity contribution is 5.68. The highest BCUT2D eigenvalue weighted by atomic mass is 19.4. The molecule has 0 amide bonds. The van der Waals surface area contributed by atoms with Gasteiger partial charge in [0.1, 0.15) is 0 Å². The van der Waals surface area contributed by atoms with Crippen LogP contribution in [0.25, 0.3) is 5.57 Å². The van der Waals surface area contributed by atoms with Crippen molar-refractivity contribution in [1.82, 2.24) is 15.0 Å². The number of hydrogen-bond acceptors (Lipinski definition) is 3. The Bertz CT molecular complexity index is 1230. The third-order valence-corrected chi connectivity index (χ3v) is 5.54. The number of alkyl halides is 3. The van der Waals surface area contributed by atoms with E-state index < -0.39 is 23.1 Å². The number of rotatable bonds is 4. The van der Waals surface area contributed by atoms with E-state index in [0.717, 1.165) is 11.8 Å². The van der Waals surface area contributed by atoms with Gasteiger partial charge in [-0.3, -0.25) is 14.8 Å². The van der Waals surface area contributed by atoms with Gasteiger partial charge in [-0.25, -0.2) is 4.79 Å². The van der Waals surface area contributed by atoms with Gasteiger partial charge >= 0.3 is 11.9 Å². The van der Waals surface area contributed by atoms with Crippen molar-refractivity contribution in [2.45, 2.75) is 37.8 Å². The molecule has 1 aliphatic carbocycles. The van der Waals surface area contributed by atoms with Crippen LogP contribution in [-0.4, -0.2) is 15.0 Å². The first-order chi connectivity index (χ1) is 14.8. The second kappa shape index (κ2) is 8.37. The minimum Gasteiger partial charge on any atom is -0.311 e. The number of hydrogen-bond donors (Lipinski definition) is 2. The average molecular weight is 427 g/mol. The van der Waals surface area contributed by atoms with Crippen LogP contribution in [0.4, 0.5) is 13.2 Å². The number of nitrogens with one attached hydrogen (secondary N) is 2. The molecule has 1 unspecified atom stereocenters. The van der Waals surface area contributed by atoms with Crippen molar-refractivity contribution in [1.29, 1.82) is 0 Å². The Labute approximate surface area is 175 Å². The van der Waals surface area contributed by atoms with Gasteiger partial charge in [0.25, 0.3) is 5.56 Å². The summed E-state index contributed by atoms with van der Waals surface area (Å²) in [5, 5.41) is 0. The lowest BCUT2D eigenvalue weighted by molar-refractivity contribution is -0.141. The number of allylic oxidation sites excluding steroid dienone is 2.